The molecule has 8 heteroatoms. The Morgan fingerprint density at radius 1 is 1.57 bits per heavy atom. The van der Waals surface area contributed by atoms with E-state index in [0.717, 1.165) is 31.7 Å². The summed E-state index contributed by atoms with van der Waals surface area (Å²) in [6.07, 6.45) is 3.67. The topological polar surface area (TPSA) is 90.7 Å². The zero-order chi connectivity index (χ0) is 17.0. The molecule has 0 radical (unpaired) electrons. The van der Waals surface area contributed by atoms with E-state index in [0.29, 0.717) is 0 Å². The number of hydrogen-bond donors (Lipinski definition) is 2. The molecule has 1 aliphatic heterocycles. The van der Waals surface area contributed by atoms with Gasteiger partial charge in [0, 0.05) is 45.8 Å². The van der Waals surface area contributed by atoms with Gasteiger partial charge in [0.05, 0.1) is 12.1 Å². The lowest BCUT2D eigenvalue weighted by Crippen LogP contribution is -2.52. The molecule has 8 nitrogen and oxygen atoms in total. The Balaban J connectivity index is 1.88. The number of hydrogen-bond acceptors (Lipinski definition) is 4. The van der Waals surface area contributed by atoms with E-state index >= 15 is 0 Å². The third-order valence-corrected chi connectivity index (χ3v) is 4.18. The SMILES string of the molecule is CC(CN(C)C(=O)NC1CCCN(c2ccnn2C)C1)C(=O)O. The average molecular weight is 323 g/mol. The normalized spacial score (nSPS) is 19.3. The van der Waals surface area contributed by atoms with Gasteiger partial charge in [-0.3, -0.25) is 9.48 Å². The van der Waals surface area contributed by atoms with E-state index in [1.165, 1.54) is 4.90 Å². The highest BCUT2D eigenvalue weighted by Crippen LogP contribution is 2.19. The fourth-order valence-electron chi connectivity index (χ4n) is 2.84. The Kier molecular flexibility index (Phi) is 5.46. The zero-order valence-corrected chi connectivity index (χ0v) is 13.9. The first-order valence-electron chi connectivity index (χ1n) is 7.86. The van der Waals surface area contributed by atoms with Gasteiger partial charge in [-0.2, -0.15) is 5.10 Å². The van der Waals surface area contributed by atoms with Crippen LogP contribution in [0.2, 0.25) is 0 Å². The third kappa shape index (κ3) is 4.37. The number of carboxylic acid groups (broad SMARTS) is 1. The number of aliphatic carboxylic acids is 1. The van der Waals surface area contributed by atoms with Crippen LogP contribution in [0.25, 0.3) is 0 Å². The van der Waals surface area contributed by atoms with Crippen molar-refractivity contribution in [1.82, 2.24) is 20.0 Å². The lowest BCUT2D eigenvalue weighted by molar-refractivity contribution is -0.141. The molecule has 1 fully saturated rings. The summed E-state index contributed by atoms with van der Waals surface area (Å²) in [6.45, 7) is 3.46. The summed E-state index contributed by atoms with van der Waals surface area (Å²) in [4.78, 5) is 26.7. The second-order valence-corrected chi connectivity index (χ2v) is 6.17. The van der Waals surface area contributed by atoms with Crippen molar-refractivity contribution in [3.63, 3.8) is 0 Å². The summed E-state index contributed by atoms with van der Waals surface area (Å²) in [6, 6.07) is 1.79. The Morgan fingerprint density at radius 2 is 2.30 bits per heavy atom. The van der Waals surface area contributed by atoms with E-state index in [1.54, 1.807) is 20.2 Å². The zero-order valence-electron chi connectivity index (χ0n) is 13.9. The molecule has 0 aliphatic carbocycles. The predicted octanol–water partition coefficient (Wildman–Crippen LogP) is 0.751. The summed E-state index contributed by atoms with van der Waals surface area (Å²) >= 11 is 0. The van der Waals surface area contributed by atoms with Crippen LogP contribution >= 0.6 is 0 Å². The number of amides is 2. The summed E-state index contributed by atoms with van der Waals surface area (Å²) in [5.74, 6) is -0.440. The number of nitrogens with zero attached hydrogens (tertiary/aromatic N) is 4. The van der Waals surface area contributed by atoms with E-state index in [-0.39, 0.29) is 18.6 Å². The number of carboxylic acids is 1. The van der Waals surface area contributed by atoms with Crippen LogP contribution in [0.15, 0.2) is 12.3 Å². The molecule has 2 rings (SSSR count). The molecule has 1 aromatic rings. The standard InChI is InChI=1S/C15H25N5O3/c1-11(14(21)22)9-18(2)15(23)17-12-5-4-8-20(10-12)13-6-7-16-19(13)3/h6-7,11-12H,4-5,8-10H2,1-3H3,(H,17,23)(H,21,22). The average Bonchev–Trinajstić information content (AvgIpc) is 2.93. The molecule has 2 N–H and O–H groups in total. The van der Waals surface area contributed by atoms with Crippen LogP contribution in [-0.4, -0.2) is 64.5 Å². The van der Waals surface area contributed by atoms with E-state index in [1.807, 2.05) is 17.8 Å². The number of aryl methyl sites for hydroxylation is 1. The third-order valence-electron chi connectivity index (χ3n) is 4.18. The molecule has 2 unspecified atom stereocenters. The number of carbonyl (C=O) groups is 2. The number of nitrogens with one attached hydrogen (secondary N) is 1. The van der Waals surface area contributed by atoms with Gasteiger partial charge in [0.1, 0.15) is 5.82 Å². The van der Waals surface area contributed by atoms with Crippen LogP contribution in [0.3, 0.4) is 0 Å². The summed E-state index contributed by atoms with van der Waals surface area (Å²) < 4.78 is 1.82. The molecular weight excluding hydrogens is 298 g/mol. The second-order valence-electron chi connectivity index (χ2n) is 6.17. The van der Waals surface area contributed by atoms with Gasteiger partial charge in [-0.1, -0.05) is 6.92 Å². The number of anilines is 1. The van der Waals surface area contributed by atoms with Crippen LogP contribution in [0.4, 0.5) is 10.6 Å². The molecule has 0 aromatic carbocycles. The monoisotopic (exact) mass is 323 g/mol. The van der Waals surface area contributed by atoms with Gasteiger partial charge in [0.2, 0.25) is 0 Å². The molecular formula is C15H25N5O3. The predicted molar refractivity (Wildman–Crippen MR) is 86.4 cm³/mol. The van der Waals surface area contributed by atoms with Gasteiger partial charge in [-0.05, 0) is 12.8 Å². The molecule has 1 saturated heterocycles. The van der Waals surface area contributed by atoms with Crippen LogP contribution in [0, 0.1) is 5.92 Å². The molecule has 2 amide bonds. The summed E-state index contributed by atoms with van der Waals surface area (Å²) in [5, 5.41) is 16.1. The highest BCUT2D eigenvalue weighted by atomic mass is 16.4. The quantitative estimate of drug-likeness (QED) is 0.834. The van der Waals surface area contributed by atoms with Crippen LogP contribution in [0.1, 0.15) is 19.8 Å². The van der Waals surface area contributed by atoms with Crippen molar-refractivity contribution in [3.8, 4) is 0 Å². The number of aromatic nitrogens is 2. The van der Waals surface area contributed by atoms with Crippen molar-refractivity contribution in [3.05, 3.63) is 12.3 Å². The molecule has 0 bridgehead atoms. The first-order chi connectivity index (χ1) is 10.9. The molecule has 2 atom stereocenters. The van der Waals surface area contributed by atoms with E-state index < -0.39 is 11.9 Å². The largest absolute Gasteiger partial charge is 0.481 e. The fourth-order valence-corrected chi connectivity index (χ4v) is 2.84. The molecule has 0 saturated carbocycles. The van der Waals surface area contributed by atoms with Gasteiger partial charge in [-0.15, -0.1) is 0 Å². The molecule has 1 aliphatic rings. The van der Waals surface area contributed by atoms with Crippen molar-refractivity contribution in [1.29, 1.82) is 0 Å². The van der Waals surface area contributed by atoms with Crippen LogP contribution < -0.4 is 10.2 Å². The Labute approximate surface area is 136 Å². The van der Waals surface area contributed by atoms with Gasteiger partial charge in [0.25, 0.3) is 0 Å². The smallest absolute Gasteiger partial charge is 0.317 e. The van der Waals surface area contributed by atoms with Gasteiger partial charge < -0.3 is 20.2 Å². The van der Waals surface area contributed by atoms with Gasteiger partial charge in [-0.25, -0.2) is 4.79 Å². The minimum Gasteiger partial charge on any atom is -0.481 e. The molecule has 23 heavy (non-hydrogen) atoms. The van der Waals surface area contributed by atoms with Crippen molar-refractivity contribution < 1.29 is 14.7 Å². The van der Waals surface area contributed by atoms with E-state index in [2.05, 4.69) is 15.3 Å². The molecule has 1 aromatic heterocycles. The number of piperidine rings is 1. The molecule has 128 valence electrons. The lowest BCUT2D eigenvalue weighted by atomic mass is 10.1. The highest BCUT2D eigenvalue weighted by Gasteiger charge is 2.25. The summed E-state index contributed by atoms with van der Waals surface area (Å²) in [5.41, 5.74) is 0. The minimum atomic E-state index is -0.898. The van der Waals surface area contributed by atoms with Crippen molar-refractivity contribution in [2.75, 3.05) is 31.6 Å². The number of rotatable bonds is 5. The van der Waals surface area contributed by atoms with Crippen molar-refractivity contribution >= 4 is 17.8 Å². The fraction of sp³-hybridized carbons (Fsp3) is 0.667. The van der Waals surface area contributed by atoms with Gasteiger partial charge in [0.15, 0.2) is 0 Å². The summed E-state index contributed by atoms with van der Waals surface area (Å²) in [7, 11) is 3.52. The lowest BCUT2D eigenvalue weighted by Gasteiger charge is -2.35. The maximum Gasteiger partial charge on any atom is 0.317 e. The Hall–Kier alpha value is -2.25. The van der Waals surface area contributed by atoms with E-state index in [9.17, 15) is 9.59 Å². The Bertz CT molecular complexity index is 559. The number of urea groups is 1. The van der Waals surface area contributed by atoms with E-state index in [4.69, 9.17) is 5.11 Å². The van der Waals surface area contributed by atoms with Gasteiger partial charge >= 0.3 is 12.0 Å². The molecule has 0 spiro atoms. The van der Waals surface area contributed by atoms with Crippen LogP contribution in [0.5, 0.6) is 0 Å². The number of carbonyl (C=O) groups excluding carboxylic acids is 1. The maximum atomic E-state index is 12.2. The van der Waals surface area contributed by atoms with Crippen LogP contribution in [-0.2, 0) is 11.8 Å². The maximum absolute atomic E-state index is 12.2. The second kappa shape index (κ2) is 7.34. The first kappa shape index (κ1) is 17.1. The highest BCUT2D eigenvalue weighted by molar-refractivity contribution is 5.76. The minimum absolute atomic E-state index is 0.0498. The van der Waals surface area contributed by atoms with Crippen molar-refractivity contribution in [2.45, 2.75) is 25.8 Å². The molecule has 2 heterocycles. The Morgan fingerprint density at radius 3 is 2.91 bits per heavy atom. The van der Waals surface area contributed by atoms with Crippen molar-refractivity contribution in [2.24, 2.45) is 13.0 Å². The first-order valence-corrected chi connectivity index (χ1v) is 7.86.